The van der Waals surface area contributed by atoms with Crippen molar-refractivity contribution in [3.63, 3.8) is 0 Å². The molecule has 3 heteroatoms. The highest BCUT2D eigenvalue weighted by atomic mass is 15.1. The summed E-state index contributed by atoms with van der Waals surface area (Å²) in [7, 11) is 0. The second kappa shape index (κ2) is 14.8. The second-order valence-corrected chi connectivity index (χ2v) is 7.20. The molecule has 0 bridgehead atoms. The fourth-order valence-corrected chi connectivity index (χ4v) is 3.26. The van der Waals surface area contributed by atoms with Gasteiger partial charge in [-0.1, -0.05) is 108 Å². The van der Waals surface area contributed by atoms with Gasteiger partial charge in [-0.25, -0.2) is 0 Å². The van der Waals surface area contributed by atoms with Crippen LogP contribution >= 0.6 is 0 Å². The van der Waals surface area contributed by atoms with Gasteiger partial charge in [0, 0.05) is 5.56 Å². The molecule has 0 unspecified atom stereocenters. The Morgan fingerprint density at radius 3 is 1.60 bits per heavy atom. The Morgan fingerprint density at radius 2 is 1.16 bits per heavy atom. The topological polar surface area (TPSA) is 64.4 Å². The molecular formula is C22H39N3. The molecule has 0 saturated carbocycles. The average Bonchev–Trinajstić information content (AvgIpc) is 2.65. The quantitative estimate of drug-likeness (QED) is 0.137. The lowest BCUT2D eigenvalue weighted by molar-refractivity contribution is 0.539. The standard InChI is InChI=1S/C22H39N3/c1-2-3-4-5-6-7-8-9-10-11-12-13-14-15-20-16-18-21(19-17-20)22(23)25-24/h16-19H,2-15,24H2,1H3,(H2,23,25). The first-order valence-electron chi connectivity index (χ1n) is 10.4. The summed E-state index contributed by atoms with van der Waals surface area (Å²) in [6, 6.07) is 8.27. The van der Waals surface area contributed by atoms with E-state index in [0.717, 1.165) is 12.0 Å². The molecule has 0 aliphatic carbocycles. The molecule has 25 heavy (non-hydrogen) atoms. The maximum atomic E-state index is 5.69. The predicted octanol–water partition coefficient (Wildman–Crippen LogP) is 5.90. The van der Waals surface area contributed by atoms with Crippen LogP contribution in [0.2, 0.25) is 0 Å². The maximum Gasteiger partial charge on any atom is 0.150 e. The van der Waals surface area contributed by atoms with Crippen LogP contribution in [0.4, 0.5) is 0 Å². The molecular weight excluding hydrogens is 306 g/mol. The van der Waals surface area contributed by atoms with Crippen LogP contribution in [-0.2, 0) is 6.42 Å². The van der Waals surface area contributed by atoms with Crippen molar-refractivity contribution in [3.8, 4) is 0 Å². The first-order valence-corrected chi connectivity index (χ1v) is 10.4. The Balaban J connectivity index is 1.92. The van der Waals surface area contributed by atoms with E-state index >= 15 is 0 Å². The molecule has 0 aliphatic heterocycles. The van der Waals surface area contributed by atoms with Gasteiger partial charge in [-0.15, -0.1) is 0 Å². The van der Waals surface area contributed by atoms with Gasteiger partial charge in [0.05, 0.1) is 0 Å². The highest BCUT2D eigenvalue weighted by Gasteiger charge is 1.99. The first kappa shape index (κ1) is 21.5. The fraction of sp³-hybridized carbons (Fsp3) is 0.682. The van der Waals surface area contributed by atoms with Crippen LogP contribution in [0.25, 0.3) is 0 Å². The van der Waals surface area contributed by atoms with Gasteiger partial charge in [0.15, 0.2) is 0 Å². The number of rotatable bonds is 15. The molecule has 1 aromatic rings. The number of amidine groups is 1. The Labute approximate surface area is 155 Å². The number of hydrogen-bond acceptors (Lipinski definition) is 2. The van der Waals surface area contributed by atoms with Crippen molar-refractivity contribution in [2.24, 2.45) is 16.7 Å². The van der Waals surface area contributed by atoms with Crippen LogP contribution in [0.15, 0.2) is 29.4 Å². The van der Waals surface area contributed by atoms with Gasteiger partial charge in [0.25, 0.3) is 0 Å². The summed E-state index contributed by atoms with van der Waals surface area (Å²) in [6.07, 6.45) is 19.4. The third-order valence-electron chi connectivity index (χ3n) is 4.96. The smallest absolute Gasteiger partial charge is 0.150 e. The van der Waals surface area contributed by atoms with Crippen molar-refractivity contribution in [1.82, 2.24) is 0 Å². The molecule has 4 N–H and O–H groups in total. The monoisotopic (exact) mass is 345 g/mol. The molecule has 0 aliphatic rings. The summed E-state index contributed by atoms with van der Waals surface area (Å²) < 4.78 is 0. The molecule has 1 aromatic carbocycles. The summed E-state index contributed by atoms with van der Waals surface area (Å²) in [5.74, 6) is 5.59. The Morgan fingerprint density at radius 1 is 0.720 bits per heavy atom. The first-order chi connectivity index (χ1) is 12.3. The van der Waals surface area contributed by atoms with E-state index in [9.17, 15) is 0 Å². The minimum atomic E-state index is 0.396. The Bertz CT molecular complexity index is 451. The predicted molar refractivity (Wildman–Crippen MR) is 111 cm³/mol. The minimum Gasteiger partial charge on any atom is -0.382 e. The number of hydrazone groups is 1. The number of aryl methyl sites for hydroxylation is 1. The van der Waals surface area contributed by atoms with Crippen LogP contribution in [0.3, 0.4) is 0 Å². The van der Waals surface area contributed by atoms with Gasteiger partial charge < -0.3 is 11.6 Å². The van der Waals surface area contributed by atoms with Gasteiger partial charge in [-0.3, -0.25) is 0 Å². The third-order valence-corrected chi connectivity index (χ3v) is 4.96. The Hall–Kier alpha value is -1.51. The molecule has 0 atom stereocenters. The van der Waals surface area contributed by atoms with E-state index in [2.05, 4.69) is 24.2 Å². The number of hydrogen-bond donors (Lipinski definition) is 2. The molecule has 0 amide bonds. The summed E-state index contributed by atoms with van der Waals surface area (Å²) in [4.78, 5) is 0. The summed E-state index contributed by atoms with van der Waals surface area (Å²) in [6.45, 7) is 2.28. The molecule has 0 radical (unpaired) electrons. The lowest BCUT2D eigenvalue weighted by atomic mass is 10.0. The SMILES string of the molecule is CCCCCCCCCCCCCCCc1ccc(/C(N)=N/N)cc1. The van der Waals surface area contributed by atoms with Crippen molar-refractivity contribution < 1.29 is 0 Å². The molecule has 0 fully saturated rings. The third kappa shape index (κ3) is 10.9. The van der Waals surface area contributed by atoms with Crippen molar-refractivity contribution in [3.05, 3.63) is 35.4 Å². The zero-order valence-electron chi connectivity index (χ0n) is 16.3. The number of benzene rings is 1. The number of nitrogens with two attached hydrogens (primary N) is 2. The molecule has 142 valence electrons. The Kier molecular flexibility index (Phi) is 12.7. The number of nitrogens with zero attached hydrogens (tertiary/aromatic N) is 1. The van der Waals surface area contributed by atoms with E-state index in [1.807, 2.05) is 12.1 Å². The van der Waals surface area contributed by atoms with Crippen LogP contribution in [0.1, 0.15) is 102 Å². The highest BCUT2D eigenvalue weighted by Crippen LogP contribution is 2.14. The van der Waals surface area contributed by atoms with E-state index < -0.39 is 0 Å². The van der Waals surface area contributed by atoms with E-state index in [1.54, 1.807) is 0 Å². The van der Waals surface area contributed by atoms with Crippen molar-refractivity contribution in [2.45, 2.75) is 96.8 Å². The summed E-state index contributed by atoms with van der Waals surface area (Å²) in [5.41, 5.74) is 7.97. The van der Waals surface area contributed by atoms with Gasteiger partial charge in [0.1, 0.15) is 5.84 Å². The molecule has 0 spiro atoms. The highest BCUT2D eigenvalue weighted by molar-refractivity contribution is 5.97. The lowest BCUT2D eigenvalue weighted by Gasteiger charge is -2.05. The summed E-state index contributed by atoms with van der Waals surface area (Å²) >= 11 is 0. The number of unbranched alkanes of at least 4 members (excludes halogenated alkanes) is 12. The molecule has 3 nitrogen and oxygen atoms in total. The van der Waals surface area contributed by atoms with E-state index in [-0.39, 0.29) is 0 Å². The lowest BCUT2D eigenvalue weighted by Crippen LogP contribution is -2.15. The van der Waals surface area contributed by atoms with Gasteiger partial charge >= 0.3 is 0 Å². The van der Waals surface area contributed by atoms with E-state index in [0.29, 0.717) is 5.84 Å². The van der Waals surface area contributed by atoms with Gasteiger partial charge in [-0.05, 0) is 18.4 Å². The average molecular weight is 346 g/mol. The van der Waals surface area contributed by atoms with Gasteiger partial charge in [-0.2, -0.15) is 5.10 Å². The van der Waals surface area contributed by atoms with E-state index in [4.69, 9.17) is 11.6 Å². The molecule has 1 rings (SSSR count). The van der Waals surface area contributed by atoms with Crippen molar-refractivity contribution in [2.75, 3.05) is 0 Å². The second-order valence-electron chi connectivity index (χ2n) is 7.20. The molecule has 0 heterocycles. The van der Waals surface area contributed by atoms with Crippen molar-refractivity contribution in [1.29, 1.82) is 0 Å². The maximum absolute atomic E-state index is 5.69. The fourth-order valence-electron chi connectivity index (χ4n) is 3.26. The minimum absolute atomic E-state index is 0.396. The zero-order valence-corrected chi connectivity index (χ0v) is 16.3. The summed E-state index contributed by atoms with van der Waals surface area (Å²) in [5, 5.41) is 3.52. The zero-order chi connectivity index (χ0) is 18.2. The van der Waals surface area contributed by atoms with Crippen molar-refractivity contribution >= 4 is 5.84 Å². The van der Waals surface area contributed by atoms with E-state index in [1.165, 1.54) is 89.0 Å². The molecule has 0 saturated heterocycles. The normalized spacial score (nSPS) is 11.8. The van der Waals surface area contributed by atoms with Crippen LogP contribution < -0.4 is 11.6 Å². The molecule has 0 aromatic heterocycles. The van der Waals surface area contributed by atoms with Crippen LogP contribution in [0.5, 0.6) is 0 Å². The van der Waals surface area contributed by atoms with Gasteiger partial charge in [0.2, 0.25) is 0 Å². The van der Waals surface area contributed by atoms with Crippen LogP contribution in [0, 0.1) is 0 Å². The largest absolute Gasteiger partial charge is 0.382 e. The van der Waals surface area contributed by atoms with Crippen LogP contribution in [-0.4, -0.2) is 5.84 Å².